The van der Waals surface area contributed by atoms with E-state index in [2.05, 4.69) is 10.1 Å². The highest BCUT2D eigenvalue weighted by atomic mass is 16.8. The summed E-state index contributed by atoms with van der Waals surface area (Å²) in [6.07, 6.45) is -1.41. The van der Waals surface area contributed by atoms with Crippen molar-refractivity contribution < 1.29 is 28.5 Å². The highest BCUT2D eigenvalue weighted by molar-refractivity contribution is 5.65. The molecule has 0 amide bonds. The quantitative estimate of drug-likeness (QED) is 0.777. The first kappa shape index (κ1) is 18.9. The van der Waals surface area contributed by atoms with Crippen LogP contribution in [-0.4, -0.2) is 57.6 Å². The highest BCUT2D eigenvalue weighted by Crippen LogP contribution is 2.45. The summed E-state index contributed by atoms with van der Waals surface area (Å²) in [5, 5.41) is 4.27. The molecule has 0 radical (unpaired) electrons. The van der Waals surface area contributed by atoms with Gasteiger partial charge in [-0.2, -0.15) is 5.10 Å². The molecule has 2 fully saturated rings. The highest BCUT2D eigenvalue weighted by Gasteiger charge is 2.56. The Balaban J connectivity index is 1.58. The van der Waals surface area contributed by atoms with Crippen LogP contribution in [-0.2, 0) is 23.7 Å². The number of aromatic nitrogens is 3. The number of nitrogens with two attached hydrogens (primary N) is 1. The Morgan fingerprint density at radius 1 is 1.32 bits per heavy atom. The second-order valence-electron chi connectivity index (χ2n) is 7.59. The molecule has 10 nitrogen and oxygen atoms in total. The lowest BCUT2D eigenvalue weighted by molar-refractivity contribution is -0.192. The van der Waals surface area contributed by atoms with E-state index in [1.807, 2.05) is 26.0 Å². The first-order valence-electron chi connectivity index (χ1n) is 9.18. The van der Waals surface area contributed by atoms with E-state index in [0.717, 1.165) is 5.69 Å². The number of nitrogen functional groups attached to an aromatic ring is 1. The molecule has 2 saturated heterocycles. The Bertz CT molecular complexity index is 882. The zero-order valence-electron chi connectivity index (χ0n) is 16.2. The van der Waals surface area contributed by atoms with Crippen molar-refractivity contribution in [3.8, 4) is 0 Å². The van der Waals surface area contributed by atoms with Gasteiger partial charge in [-0.05, 0) is 39.8 Å². The minimum atomic E-state index is -0.783. The van der Waals surface area contributed by atoms with Gasteiger partial charge in [-0.25, -0.2) is 14.3 Å². The molecule has 2 aromatic rings. The van der Waals surface area contributed by atoms with Crippen molar-refractivity contribution in [3.63, 3.8) is 0 Å². The molecule has 0 aromatic carbocycles. The van der Waals surface area contributed by atoms with Gasteiger partial charge >= 0.3 is 6.16 Å². The number of fused-ring (bicyclic) bond motifs is 2. The smallest absolute Gasteiger partial charge is 0.432 e. The average Bonchev–Trinajstić information content (AvgIpc) is 3.24. The van der Waals surface area contributed by atoms with Gasteiger partial charge in [0.2, 0.25) is 0 Å². The van der Waals surface area contributed by atoms with Crippen LogP contribution in [0.4, 0.5) is 10.6 Å². The Hall–Kier alpha value is -2.43. The van der Waals surface area contributed by atoms with E-state index in [1.54, 1.807) is 18.4 Å². The molecule has 10 heteroatoms. The third-order valence-electron chi connectivity index (χ3n) is 4.65. The average molecular weight is 392 g/mol. The molecule has 2 aliphatic rings. The minimum absolute atomic E-state index is 0.0108. The van der Waals surface area contributed by atoms with E-state index in [4.69, 9.17) is 29.4 Å². The zero-order chi connectivity index (χ0) is 20.1. The number of nitrogens with zero attached hydrogens (tertiary/aromatic N) is 3. The van der Waals surface area contributed by atoms with Crippen molar-refractivity contribution in [3.05, 3.63) is 24.2 Å². The zero-order valence-corrected chi connectivity index (χ0v) is 16.2. The molecule has 2 aliphatic heterocycles. The number of hydrogen-bond acceptors (Lipinski definition) is 9. The van der Waals surface area contributed by atoms with Gasteiger partial charge in [-0.1, -0.05) is 0 Å². The normalized spacial score (nSPS) is 28.6. The van der Waals surface area contributed by atoms with E-state index in [1.165, 1.54) is 6.33 Å². The van der Waals surface area contributed by atoms with Gasteiger partial charge in [-0.3, -0.25) is 0 Å². The summed E-state index contributed by atoms with van der Waals surface area (Å²) in [6.45, 7) is 7.17. The van der Waals surface area contributed by atoms with Crippen molar-refractivity contribution in [2.24, 2.45) is 0 Å². The van der Waals surface area contributed by atoms with Crippen molar-refractivity contribution in [1.82, 2.24) is 14.6 Å². The Morgan fingerprint density at radius 3 is 2.82 bits per heavy atom. The number of carbonyl (C=O) groups is 1. The van der Waals surface area contributed by atoms with Crippen molar-refractivity contribution in [2.75, 3.05) is 12.3 Å². The van der Waals surface area contributed by atoms with Gasteiger partial charge in [0, 0.05) is 0 Å². The Labute approximate surface area is 161 Å². The number of ether oxygens (including phenoxy) is 5. The topological polar surface area (TPSA) is 119 Å². The Morgan fingerprint density at radius 2 is 2.07 bits per heavy atom. The lowest BCUT2D eigenvalue weighted by Gasteiger charge is -2.24. The molecule has 0 bridgehead atoms. The van der Waals surface area contributed by atoms with Gasteiger partial charge < -0.3 is 29.4 Å². The van der Waals surface area contributed by atoms with Crippen LogP contribution in [0, 0.1) is 0 Å². The molecule has 2 aromatic heterocycles. The first-order valence-corrected chi connectivity index (χ1v) is 9.18. The largest absolute Gasteiger partial charge is 0.508 e. The van der Waals surface area contributed by atoms with Crippen LogP contribution in [0.2, 0.25) is 0 Å². The second-order valence-corrected chi connectivity index (χ2v) is 7.59. The summed E-state index contributed by atoms with van der Waals surface area (Å²) < 4.78 is 30.2. The molecule has 0 unspecified atom stereocenters. The molecular weight excluding hydrogens is 368 g/mol. The van der Waals surface area contributed by atoms with Crippen LogP contribution >= 0.6 is 0 Å². The molecule has 4 rings (SSSR count). The fraction of sp³-hybridized carbons (Fsp3) is 0.611. The van der Waals surface area contributed by atoms with Crippen LogP contribution in [0.1, 0.15) is 39.5 Å². The van der Waals surface area contributed by atoms with E-state index in [9.17, 15) is 4.79 Å². The summed E-state index contributed by atoms with van der Waals surface area (Å²) in [6, 6.07) is 3.70. The maximum Gasteiger partial charge on any atom is 0.508 e. The lowest BCUT2D eigenvalue weighted by atomic mass is 10.1. The second kappa shape index (κ2) is 6.87. The summed E-state index contributed by atoms with van der Waals surface area (Å²) in [4.78, 5) is 15.7. The van der Waals surface area contributed by atoms with Crippen LogP contribution in [0.5, 0.6) is 0 Å². The predicted molar refractivity (Wildman–Crippen MR) is 96.4 cm³/mol. The molecular formula is C18H24N4O6. The maximum absolute atomic E-state index is 11.7. The maximum atomic E-state index is 11.7. The summed E-state index contributed by atoms with van der Waals surface area (Å²) in [7, 11) is 0. The van der Waals surface area contributed by atoms with Gasteiger partial charge in [0.15, 0.2) is 11.6 Å². The first-order chi connectivity index (χ1) is 13.2. The molecule has 4 atom stereocenters. The van der Waals surface area contributed by atoms with E-state index < -0.39 is 30.3 Å². The fourth-order valence-corrected chi connectivity index (χ4v) is 3.62. The number of hydrogen-bond donors (Lipinski definition) is 1. The monoisotopic (exact) mass is 392 g/mol. The lowest BCUT2D eigenvalue weighted by Crippen LogP contribution is -2.34. The van der Waals surface area contributed by atoms with Crippen molar-refractivity contribution >= 4 is 17.5 Å². The number of anilines is 1. The third-order valence-corrected chi connectivity index (χ3v) is 4.65. The molecule has 0 spiro atoms. The van der Waals surface area contributed by atoms with Gasteiger partial charge in [0.05, 0.1) is 11.8 Å². The molecule has 152 valence electrons. The molecule has 28 heavy (non-hydrogen) atoms. The van der Waals surface area contributed by atoms with Gasteiger partial charge in [0.25, 0.3) is 0 Å². The minimum Gasteiger partial charge on any atom is -0.432 e. The van der Waals surface area contributed by atoms with Crippen LogP contribution in [0.15, 0.2) is 18.5 Å². The van der Waals surface area contributed by atoms with E-state index >= 15 is 0 Å². The summed E-state index contributed by atoms with van der Waals surface area (Å²) in [5.74, 6) is -0.411. The number of carbonyl (C=O) groups excluding carboxylic acids is 1. The predicted octanol–water partition coefficient (Wildman–Crippen LogP) is 1.83. The van der Waals surface area contributed by atoms with Gasteiger partial charge in [0.1, 0.15) is 42.9 Å². The van der Waals surface area contributed by atoms with Crippen LogP contribution in [0.25, 0.3) is 5.52 Å². The summed E-state index contributed by atoms with van der Waals surface area (Å²) in [5.41, 5.74) is 7.36. The molecule has 2 N–H and O–H groups in total. The molecule has 0 saturated carbocycles. The number of rotatable bonds is 4. The van der Waals surface area contributed by atoms with Crippen LogP contribution in [0.3, 0.4) is 0 Å². The van der Waals surface area contributed by atoms with Gasteiger partial charge in [-0.15, -0.1) is 0 Å². The van der Waals surface area contributed by atoms with Crippen LogP contribution < -0.4 is 5.73 Å². The molecule has 4 heterocycles. The van der Waals surface area contributed by atoms with Crippen molar-refractivity contribution in [1.29, 1.82) is 0 Å². The SMILES string of the molecule is CC(C)OC(=O)OC[C@H]1O[C@@H](c2ccc3c(N)ncnn23)[C@@H]2OC(C)(C)O[C@@H]21. The Kier molecular flexibility index (Phi) is 4.64. The van der Waals surface area contributed by atoms with Crippen molar-refractivity contribution in [2.45, 2.75) is 64.0 Å². The van der Waals surface area contributed by atoms with E-state index in [-0.39, 0.29) is 18.8 Å². The molecule has 0 aliphatic carbocycles. The van der Waals surface area contributed by atoms with E-state index in [0.29, 0.717) is 11.3 Å². The summed E-state index contributed by atoms with van der Waals surface area (Å²) >= 11 is 0. The third kappa shape index (κ3) is 3.38. The fourth-order valence-electron chi connectivity index (χ4n) is 3.62. The standard InChI is InChI=1S/C18H24N4O6/c1-9(2)25-17(23)24-7-12-14-15(28-18(3,4)27-14)13(26-12)10-5-6-11-16(19)20-8-21-22(10)11/h5-6,8-9,12-15H,7H2,1-4H3,(H2,19,20,21)/t12-,13+,14-,15+/m1/s1.